The standard InChI is InChI=1S/C23H28N6O2S/c1-3-28-16(2)14-23(11-5-4-6-12-23)29-20(28)13-17-15-25-22(27-21(17)29)26-18-7-9-19(10-8-18)32(24,30)31/h7-10,13,15H,2-6,11-12,14H2,1H3,(H2,24,30,31)(H,25,26,27). The van der Waals surface area contributed by atoms with Crippen LogP contribution in [-0.4, -0.2) is 29.5 Å². The number of anilines is 3. The number of nitrogens with one attached hydrogen (secondary N) is 1. The molecule has 0 bridgehead atoms. The SMILES string of the molecule is C=C1CC2(CCCCC2)n2c(cc3cnc(Nc4ccc(S(N)(=O)=O)cc4)nc32)N1CC. The molecule has 3 aromatic rings. The van der Waals surface area contributed by atoms with Crippen LogP contribution in [0, 0.1) is 0 Å². The van der Waals surface area contributed by atoms with Gasteiger partial charge in [0.05, 0.1) is 10.4 Å². The van der Waals surface area contributed by atoms with Gasteiger partial charge in [-0.25, -0.2) is 18.5 Å². The van der Waals surface area contributed by atoms with Crippen LogP contribution in [0.5, 0.6) is 0 Å². The van der Waals surface area contributed by atoms with Crippen LogP contribution in [0.4, 0.5) is 17.5 Å². The minimum Gasteiger partial charge on any atom is -0.332 e. The lowest BCUT2D eigenvalue weighted by molar-refractivity contribution is 0.188. The van der Waals surface area contributed by atoms with Crippen molar-refractivity contribution in [1.82, 2.24) is 14.5 Å². The van der Waals surface area contributed by atoms with Crippen molar-refractivity contribution >= 4 is 38.5 Å². The van der Waals surface area contributed by atoms with Crippen molar-refractivity contribution < 1.29 is 8.42 Å². The summed E-state index contributed by atoms with van der Waals surface area (Å²) in [5.74, 6) is 1.62. The van der Waals surface area contributed by atoms with Crippen molar-refractivity contribution in [2.75, 3.05) is 16.8 Å². The highest BCUT2D eigenvalue weighted by molar-refractivity contribution is 7.89. The molecule has 1 spiro atoms. The van der Waals surface area contributed by atoms with Crippen LogP contribution in [-0.2, 0) is 15.6 Å². The van der Waals surface area contributed by atoms with Gasteiger partial charge in [0.25, 0.3) is 0 Å². The van der Waals surface area contributed by atoms with E-state index in [9.17, 15) is 8.42 Å². The number of aromatic nitrogens is 3. The van der Waals surface area contributed by atoms with E-state index in [0.717, 1.165) is 42.7 Å². The number of fused-ring (bicyclic) bond motifs is 4. The molecule has 0 unspecified atom stereocenters. The van der Waals surface area contributed by atoms with Crippen molar-refractivity contribution in [2.24, 2.45) is 5.14 Å². The van der Waals surface area contributed by atoms with Crippen LogP contribution in [0.3, 0.4) is 0 Å². The quantitative estimate of drug-likeness (QED) is 0.614. The molecule has 0 amide bonds. The summed E-state index contributed by atoms with van der Waals surface area (Å²) in [5, 5.41) is 9.39. The molecule has 0 saturated heterocycles. The highest BCUT2D eigenvalue weighted by Gasteiger charge is 2.42. The monoisotopic (exact) mass is 452 g/mol. The van der Waals surface area contributed by atoms with E-state index in [4.69, 9.17) is 10.1 Å². The Morgan fingerprint density at radius 1 is 1.19 bits per heavy atom. The van der Waals surface area contributed by atoms with Crippen molar-refractivity contribution in [3.8, 4) is 0 Å². The summed E-state index contributed by atoms with van der Waals surface area (Å²) >= 11 is 0. The molecule has 9 heteroatoms. The lowest BCUT2D eigenvalue weighted by Crippen LogP contribution is -2.45. The van der Waals surface area contributed by atoms with Gasteiger partial charge in [0.2, 0.25) is 16.0 Å². The molecule has 3 heterocycles. The van der Waals surface area contributed by atoms with Crippen molar-refractivity contribution in [3.05, 3.63) is 48.8 Å². The predicted molar refractivity (Wildman–Crippen MR) is 126 cm³/mol. The number of sulfonamides is 1. The number of rotatable bonds is 4. The summed E-state index contributed by atoms with van der Waals surface area (Å²) in [5.41, 5.74) is 2.80. The molecule has 5 rings (SSSR count). The third kappa shape index (κ3) is 3.45. The maximum atomic E-state index is 11.5. The van der Waals surface area contributed by atoms with Gasteiger partial charge < -0.3 is 14.8 Å². The molecule has 1 aliphatic carbocycles. The molecular weight excluding hydrogens is 424 g/mol. The van der Waals surface area contributed by atoms with E-state index in [1.165, 1.54) is 37.1 Å². The number of nitrogens with zero attached hydrogens (tertiary/aromatic N) is 4. The summed E-state index contributed by atoms with van der Waals surface area (Å²) in [6, 6.07) is 8.43. The molecule has 1 aromatic carbocycles. The zero-order chi connectivity index (χ0) is 22.5. The molecule has 2 aliphatic rings. The first-order valence-electron chi connectivity index (χ1n) is 11.0. The molecule has 32 heavy (non-hydrogen) atoms. The second kappa shape index (κ2) is 7.60. The number of nitrogens with two attached hydrogens (primary N) is 1. The summed E-state index contributed by atoms with van der Waals surface area (Å²) < 4.78 is 25.4. The van der Waals surface area contributed by atoms with Crippen molar-refractivity contribution in [1.29, 1.82) is 0 Å². The van der Waals surface area contributed by atoms with Crippen LogP contribution >= 0.6 is 0 Å². The van der Waals surface area contributed by atoms with Crippen LogP contribution in [0.15, 0.2) is 53.7 Å². The number of hydrogen-bond acceptors (Lipinski definition) is 6. The second-order valence-electron chi connectivity index (χ2n) is 8.78. The average molecular weight is 453 g/mol. The van der Waals surface area contributed by atoms with E-state index in [0.29, 0.717) is 11.6 Å². The highest BCUT2D eigenvalue weighted by Crippen LogP contribution is 2.49. The molecule has 0 radical (unpaired) electrons. The fraction of sp³-hybridized carbons (Fsp3) is 0.391. The van der Waals surface area contributed by atoms with Crippen LogP contribution in [0.1, 0.15) is 45.4 Å². The molecule has 3 N–H and O–H groups in total. The van der Waals surface area contributed by atoms with Gasteiger partial charge in [-0.15, -0.1) is 0 Å². The van der Waals surface area contributed by atoms with Crippen molar-refractivity contribution in [3.63, 3.8) is 0 Å². The van der Waals surface area contributed by atoms with Gasteiger partial charge in [0.15, 0.2) is 0 Å². The van der Waals surface area contributed by atoms with Crippen LogP contribution < -0.4 is 15.4 Å². The molecule has 0 atom stereocenters. The van der Waals surface area contributed by atoms with Gasteiger partial charge in [0.1, 0.15) is 11.5 Å². The third-order valence-electron chi connectivity index (χ3n) is 6.73. The van der Waals surface area contributed by atoms with Crippen molar-refractivity contribution in [2.45, 2.75) is 55.9 Å². The van der Waals surface area contributed by atoms with E-state index in [2.05, 4.69) is 39.3 Å². The Kier molecular flexibility index (Phi) is 4.98. The van der Waals surface area contributed by atoms with Gasteiger partial charge in [-0.1, -0.05) is 25.8 Å². The van der Waals surface area contributed by atoms with Gasteiger partial charge in [0, 0.05) is 35.9 Å². The summed E-state index contributed by atoms with van der Waals surface area (Å²) in [4.78, 5) is 11.7. The number of allylic oxidation sites excluding steroid dienone is 1. The topological polar surface area (TPSA) is 106 Å². The molecule has 168 valence electrons. The Bertz CT molecular complexity index is 1290. The third-order valence-corrected chi connectivity index (χ3v) is 7.66. The highest BCUT2D eigenvalue weighted by atomic mass is 32.2. The predicted octanol–water partition coefficient (Wildman–Crippen LogP) is 4.23. The Labute approximate surface area is 188 Å². The van der Waals surface area contributed by atoms with E-state index in [1.54, 1.807) is 12.1 Å². The fourth-order valence-corrected chi connectivity index (χ4v) is 5.79. The maximum Gasteiger partial charge on any atom is 0.238 e. The molecule has 8 nitrogen and oxygen atoms in total. The Morgan fingerprint density at radius 3 is 2.56 bits per heavy atom. The van der Waals surface area contributed by atoms with E-state index >= 15 is 0 Å². The Morgan fingerprint density at radius 2 is 1.91 bits per heavy atom. The van der Waals surface area contributed by atoms with E-state index in [-0.39, 0.29) is 10.4 Å². The zero-order valence-electron chi connectivity index (χ0n) is 18.2. The first-order valence-corrected chi connectivity index (χ1v) is 12.6. The minimum absolute atomic E-state index is 0.0147. The first kappa shape index (κ1) is 21.0. The number of hydrogen-bond donors (Lipinski definition) is 2. The van der Waals surface area contributed by atoms with Crippen LogP contribution in [0.25, 0.3) is 11.0 Å². The lowest BCUT2D eigenvalue weighted by atomic mass is 9.77. The first-order chi connectivity index (χ1) is 15.3. The smallest absolute Gasteiger partial charge is 0.238 e. The van der Waals surface area contributed by atoms with E-state index < -0.39 is 10.0 Å². The number of primary sulfonamides is 1. The average Bonchev–Trinajstić information content (AvgIpc) is 3.14. The second-order valence-corrected chi connectivity index (χ2v) is 10.3. The van der Waals surface area contributed by atoms with Gasteiger partial charge in [-0.05, 0) is 50.1 Å². The van der Waals surface area contributed by atoms with Gasteiger partial charge >= 0.3 is 0 Å². The summed E-state index contributed by atoms with van der Waals surface area (Å²) in [6.45, 7) is 7.41. The fourth-order valence-electron chi connectivity index (χ4n) is 5.27. The minimum atomic E-state index is -3.73. The Hall–Kier alpha value is -2.91. The zero-order valence-corrected chi connectivity index (χ0v) is 19.0. The van der Waals surface area contributed by atoms with Crippen LogP contribution in [0.2, 0.25) is 0 Å². The normalized spacial score (nSPS) is 18.2. The lowest BCUT2D eigenvalue weighted by Gasteiger charge is -2.47. The largest absolute Gasteiger partial charge is 0.332 e. The Balaban J connectivity index is 1.57. The van der Waals surface area contributed by atoms with Gasteiger partial charge in [-0.2, -0.15) is 4.98 Å². The van der Waals surface area contributed by atoms with Gasteiger partial charge in [-0.3, -0.25) is 0 Å². The number of benzene rings is 1. The molecule has 1 saturated carbocycles. The molecule has 2 aromatic heterocycles. The summed E-state index contributed by atoms with van der Waals surface area (Å²) in [6.07, 6.45) is 8.75. The molecule has 1 fully saturated rings. The maximum absolute atomic E-state index is 11.5. The van der Waals surface area contributed by atoms with E-state index in [1.807, 2.05) is 6.20 Å². The summed E-state index contributed by atoms with van der Waals surface area (Å²) in [7, 11) is -3.73. The molecular formula is C23H28N6O2S. The molecule has 1 aliphatic heterocycles.